The zero-order valence-electron chi connectivity index (χ0n) is 13.3. The number of hydrogen-bond acceptors (Lipinski definition) is 6. The number of nitrogens with zero attached hydrogens (tertiary/aromatic N) is 5. The molecule has 0 saturated carbocycles. The van der Waals surface area contributed by atoms with Gasteiger partial charge in [-0.3, -0.25) is 9.48 Å². The predicted molar refractivity (Wildman–Crippen MR) is 84.3 cm³/mol. The summed E-state index contributed by atoms with van der Waals surface area (Å²) in [5.41, 5.74) is 0.634. The minimum absolute atomic E-state index is 0.0358. The van der Waals surface area contributed by atoms with Crippen LogP contribution in [0.2, 0.25) is 0 Å². The van der Waals surface area contributed by atoms with Gasteiger partial charge < -0.3 is 15.0 Å². The van der Waals surface area contributed by atoms with Crippen molar-refractivity contribution in [1.29, 1.82) is 0 Å². The standard InChI is InChI=1S/C15H20N6O2/c1-20-10-11(9-18-20)15(22)21-7-3-12(4-8-21)19-13-14(23-2)17-6-5-16-13/h5-6,9-10,12H,3-4,7-8H2,1-2H3,(H,16,19). The fraction of sp³-hybridized carbons (Fsp3) is 0.467. The van der Waals surface area contributed by atoms with Crippen molar-refractivity contribution in [2.75, 3.05) is 25.5 Å². The number of rotatable bonds is 4. The molecule has 3 heterocycles. The van der Waals surface area contributed by atoms with E-state index in [1.807, 2.05) is 4.90 Å². The minimum Gasteiger partial charge on any atom is -0.478 e. The third-order valence-electron chi connectivity index (χ3n) is 3.93. The van der Waals surface area contributed by atoms with E-state index in [1.54, 1.807) is 43.6 Å². The first kappa shape index (κ1) is 15.3. The first-order chi connectivity index (χ1) is 11.2. The normalized spacial score (nSPS) is 15.5. The molecule has 1 aliphatic heterocycles. The first-order valence-electron chi connectivity index (χ1n) is 7.57. The highest BCUT2D eigenvalue weighted by Gasteiger charge is 2.25. The maximum absolute atomic E-state index is 12.4. The number of aryl methyl sites for hydroxylation is 1. The predicted octanol–water partition coefficient (Wildman–Crippen LogP) is 0.935. The van der Waals surface area contributed by atoms with Gasteiger partial charge in [-0.15, -0.1) is 0 Å². The molecule has 0 aromatic carbocycles. The molecule has 0 aliphatic carbocycles. The summed E-state index contributed by atoms with van der Waals surface area (Å²) in [4.78, 5) is 22.6. The van der Waals surface area contributed by atoms with Crippen molar-refractivity contribution in [3.63, 3.8) is 0 Å². The zero-order chi connectivity index (χ0) is 16.2. The minimum atomic E-state index is 0.0358. The molecule has 0 atom stereocenters. The summed E-state index contributed by atoms with van der Waals surface area (Å²) in [7, 11) is 3.38. The van der Waals surface area contributed by atoms with Gasteiger partial charge in [-0.05, 0) is 12.8 Å². The van der Waals surface area contributed by atoms with E-state index in [2.05, 4.69) is 20.4 Å². The van der Waals surface area contributed by atoms with Gasteiger partial charge in [0, 0.05) is 44.8 Å². The number of methoxy groups -OCH3 is 1. The van der Waals surface area contributed by atoms with Gasteiger partial charge in [0.2, 0.25) is 0 Å². The van der Waals surface area contributed by atoms with Crippen molar-refractivity contribution < 1.29 is 9.53 Å². The molecule has 1 aliphatic rings. The van der Waals surface area contributed by atoms with Gasteiger partial charge in [0.05, 0.1) is 18.9 Å². The Kier molecular flexibility index (Phi) is 4.40. The van der Waals surface area contributed by atoms with Gasteiger partial charge in [0.1, 0.15) is 0 Å². The van der Waals surface area contributed by atoms with Crippen molar-refractivity contribution in [2.24, 2.45) is 7.05 Å². The molecule has 122 valence electrons. The van der Waals surface area contributed by atoms with E-state index in [9.17, 15) is 4.79 Å². The van der Waals surface area contributed by atoms with Crippen molar-refractivity contribution in [2.45, 2.75) is 18.9 Å². The Labute approximate surface area is 134 Å². The Hall–Kier alpha value is -2.64. The Bertz CT molecular complexity index is 678. The number of anilines is 1. The second-order valence-electron chi connectivity index (χ2n) is 5.53. The topological polar surface area (TPSA) is 85.2 Å². The molecular weight excluding hydrogens is 296 g/mol. The van der Waals surface area contributed by atoms with Crippen LogP contribution in [0.4, 0.5) is 5.82 Å². The molecule has 8 heteroatoms. The Morgan fingerprint density at radius 3 is 2.70 bits per heavy atom. The monoisotopic (exact) mass is 316 g/mol. The van der Waals surface area contributed by atoms with E-state index in [-0.39, 0.29) is 11.9 Å². The molecule has 0 unspecified atom stereocenters. The summed E-state index contributed by atoms with van der Waals surface area (Å²) in [6.45, 7) is 1.40. The number of likely N-dealkylation sites (tertiary alicyclic amines) is 1. The van der Waals surface area contributed by atoms with Crippen LogP contribution < -0.4 is 10.1 Å². The van der Waals surface area contributed by atoms with E-state index in [0.717, 1.165) is 12.8 Å². The number of piperidine rings is 1. The van der Waals surface area contributed by atoms with Crippen molar-refractivity contribution in [3.05, 3.63) is 30.4 Å². The molecule has 0 radical (unpaired) electrons. The van der Waals surface area contributed by atoms with Gasteiger partial charge >= 0.3 is 0 Å². The number of hydrogen-bond donors (Lipinski definition) is 1. The van der Waals surface area contributed by atoms with Gasteiger partial charge in [0.25, 0.3) is 11.8 Å². The van der Waals surface area contributed by atoms with Crippen LogP contribution in [0.5, 0.6) is 5.88 Å². The lowest BCUT2D eigenvalue weighted by atomic mass is 10.0. The van der Waals surface area contributed by atoms with E-state index in [1.165, 1.54) is 0 Å². The molecule has 1 saturated heterocycles. The quantitative estimate of drug-likeness (QED) is 0.903. The average molecular weight is 316 g/mol. The summed E-state index contributed by atoms with van der Waals surface area (Å²) in [5, 5.41) is 7.40. The van der Waals surface area contributed by atoms with Crippen molar-refractivity contribution >= 4 is 11.7 Å². The van der Waals surface area contributed by atoms with Crippen LogP contribution in [0.3, 0.4) is 0 Å². The van der Waals surface area contributed by atoms with Gasteiger partial charge in [-0.25, -0.2) is 9.97 Å². The maximum Gasteiger partial charge on any atom is 0.257 e. The smallest absolute Gasteiger partial charge is 0.257 e. The van der Waals surface area contributed by atoms with E-state index < -0.39 is 0 Å². The van der Waals surface area contributed by atoms with Crippen molar-refractivity contribution in [3.8, 4) is 5.88 Å². The summed E-state index contributed by atoms with van der Waals surface area (Å²) in [6.07, 6.45) is 8.29. The maximum atomic E-state index is 12.4. The second-order valence-corrected chi connectivity index (χ2v) is 5.53. The van der Waals surface area contributed by atoms with E-state index in [4.69, 9.17) is 4.74 Å². The Morgan fingerprint density at radius 2 is 2.04 bits per heavy atom. The number of nitrogens with one attached hydrogen (secondary N) is 1. The highest BCUT2D eigenvalue weighted by molar-refractivity contribution is 5.93. The number of ether oxygens (including phenoxy) is 1. The average Bonchev–Trinajstić information content (AvgIpc) is 3.02. The number of carbonyl (C=O) groups excluding carboxylic acids is 1. The molecule has 23 heavy (non-hydrogen) atoms. The summed E-state index contributed by atoms with van der Waals surface area (Å²) < 4.78 is 6.84. The first-order valence-corrected chi connectivity index (χ1v) is 7.57. The molecular formula is C15H20N6O2. The summed E-state index contributed by atoms with van der Waals surface area (Å²) in [5.74, 6) is 1.17. The number of carbonyl (C=O) groups is 1. The Morgan fingerprint density at radius 1 is 1.30 bits per heavy atom. The molecule has 8 nitrogen and oxygen atoms in total. The molecule has 0 spiro atoms. The van der Waals surface area contributed by atoms with Crippen LogP contribution in [-0.4, -0.2) is 56.8 Å². The molecule has 2 aromatic heterocycles. The lowest BCUT2D eigenvalue weighted by molar-refractivity contribution is 0.0718. The third kappa shape index (κ3) is 3.41. The SMILES string of the molecule is COc1nccnc1NC1CCN(C(=O)c2cnn(C)c2)CC1. The van der Waals surface area contributed by atoms with Crippen LogP contribution in [0.15, 0.2) is 24.8 Å². The molecule has 2 aromatic rings. The van der Waals surface area contributed by atoms with Crippen LogP contribution in [0.1, 0.15) is 23.2 Å². The van der Waals surface area contributed by atoms with Crippen molar-refractivity contribution in [1.82, 2.24) is 24.6 Å². The largest absolute Gasteiger partial charge is 0.478 e. The summed E-state index contributed by atoms with van der Waals surface area (Å²) >= 11 is 0. The van der Waals surface area contributed by atoms with Crippen LogP contribution in [-0.2, 0) is 7.05 Å². The van der Waals surface area contributed by atoms with Gasteiger partial charge in [-0.2, -0.15) is 5.10 Å². The lowest BCUT2D eigenvalue weighted by Gasteiger charge is -2.32. The molecule has 1 amide bonds. The Balaban J connectivity index is 1.57. The summed E-state index contributed by atoms with van der Waals surface area (Å²) in [6, 6.07) is 0.249. The highest BCUT2D eigenvalue weighted by atomic mass is 16.5. The number of amides is 1. The zero-order valence-corrected chi connectivity index (χ0v) is 13.3. The van der Waals surface area contributed by atoms with Crippen LogP contribution in [0.25, 0.3) is 0 Å². The van der Waals surface area contributed by atoms with Gasteiger partial charge in [0.15, 0.2) is 5.82 Å². The molecule has 1 fully saturated rings. The van der Waals surface area contributed by atoms with E-state index in [0.29, 0.717) is 30.4 Å². The number of aromatic nitrogens is 4. The van der Waals surface area contributed by atoms with Gasteiger partial charge in [-0.1, -0.05) is 0 Å². The van der Waals surface area contributed by atoms with Crippen LogP contribution >= 0.6 is 0 Å². The molecule has 0 bridgehead atoms. The fourth-order valence-corrected chi connectivity index (χ4v) is 2.71. The highest BCUT2D eigenvalue weighted by Crippen LogP contribution is 2.22. The second kappa shape index (κ2) is 6.64. The van der Waals surface area contributed by atoms with Crippen LogP contribution in [0, 0.1) is 0 Å². The third-order valence-corrected chi connectivity index (χ3v) is 3.93. The van der Waals surface area contributed by atoms with E-state index >= 15 is 0 Å². The lowest BCUT2D eigenvalue weighted by Crippen LogP contribution is -2.42. The fourth-order valence-electron chi connectivity index (χ4n) is 2.71. The molecule has 3 rings (SSSR count). The molecule has 1 N–H and O–H groups in total.